The van der Waals surface area contributed by atoms with E-state index in [4.69, 9.17) is 0 Å². The largest absolute Gasteiger partial charge is 0.435 e. The fourth-order valence-electron chi connectivity index (χ4n) is 1.48. The summed E-state index contributed by atoms with van der Waals surface area (Å²) in [5, 5.41) is 2.65. The molecular formula is C13H11F2N3O2. The van der Waals surface area contributed by atoms with E-state index in [2.05, 4.69) is 20.0 Å². The lowest BCUT2D eigenvalue weighted by molar-refractivity contribution is -0.0498. The zero-order chi connectivity index (χ0) is 14.4. The van der Waals surface area contributed by atoms with Crippen LogP contribution in [0.25, 0.3) is 0 Å². The van der Waals surface area contributed by atoms with Crippen molar-refractivity contribution >= 4 is 5.91 Å². The number of ether oxygens (including phenoxy) is 1. The quantitative estimate of drug-likeness (QED) is 0.909. The number of hydrogen-bond donors (Lipinski definition) is 1. The van der Waals surface area contributed by atoms with Crippen molar-refractivity contribution in [3.8, 4) is 5.75 Å². The third kappa shape index (κ3) is 3.98. The van der Waals surface area contributed by atoms with Crippen LogP contribution in [0.2, 0.25) is 0 Å². The van der Waals surface area contributed by atoms with Gasteiger partial charge in [-0.25, -0.2) is 4.98 Å². The number of carbonyl (C=O) groups is 1. The van der Waals surface area contributed by atoms with Gasteiger partial charge in [0.05, 0.1) is 6.20 Å². The molecule has 1 amide bonds. The predicted octanol–water partition coefficient (Wildman–Crippen LogP) is 2.01. The number of rotatable bonds is 5. The normalized spacial score (nSPS) is 10.3. The lowest BCUT2D eigenvalue weighted by Gasteiger charge is -2.07. The Labute approximate surface area is 113 Å². The van der Waals surface area contributed by atoms with E-state index in [0.29, 0.717) is 0 Å². The van der Waals surface area contributed by atoms with Crippen molar-refractivity contribution in [2.45, 2.75) is 13.2 Å². The summed E-state index contributed by atoms with van der Waals surface area (Å²) in [7, 11) is 0. The molecule has 0 bridgehead atoms. The number of carbonyl (C=O) groups excluding carboxylic acids is 1. The standard InChI is InChI=1S/C13H11F2N3O2/c14-13(15)20-10-3-1-9(2-4-10)7-18-12(19)11-8-16-5-6-17-11/h1-6,8,13H,7H2,(H,18,19). The number of halogens is 2. The molecule has 104 valence electrons. The zero-order valence-electron chi connectivity index (χ0n) is 10.3. The van der Waals surface area contributed by atoms with Gasteiger partial charge in [0.25, 0.3) is 5.91 Å². The number of nitrogens with zero attached hydrogens (tertiary/aromatic N) is 2. The highest BCUT2D eigenvalue weighted by atomic mass is 19.3. The molecule has 0 atom stereocenters. The number of alkyl halides is 2. The van der Waals surface area contributed by atoms with Gasteiger partial charge in [0, 0.05) is 18.9 Å². The lowest BCUT2D eigenvalue weighted by Crippen LogP contribution is -2.23. The second kappa shape index (κ2) is 6.55. The Morgan fingerprint density at radius 2 is 2.00 bits per heavy atom. The first-order chi connectivity index (χ1) is 9.65. The lowest BCUT2D eigenvalue weighted by atomic mass is 10.2. The monoisotopic (exact) mass is 279 g/mol. The maximum absolute atomic E-state index is 12.0. The Kier molecular flexibility index (Phi) is 4.54. The Bertz CT molecular complexity index is 562. The molecule has 1 aromatic carbocycles. The van der Waals surface area contributed by atoms with Crippen LogP contribution in [0.1, 0.15) is 16.1 Å². The second-order valence-corrected chi connectivity index (χ2v) is 3.80. The number of benzene rings is 1. The zero-order valence-corrected chi connectivity index (χ0v) is 10.3. The van der Waals surface area contributed by atoms with Gasteiger partial charge in [-0.1, -0.05) is 12.1 Å². The molecule has 0 aliphatic heterocycles. The third-order valence-electron chi connectivity index (χ3n) is 2.40. The molecule has 0 fully saturated rings. The van der Waals surface area contributed by atoms with Gasteiger partial charge in [0.2, 0.25) is 0 Å². The van der Waals surface area contributed by atoms with Crippen LogP contribution in [0.3, 0.4) is 0 Å². The summed E-state index contributed by atoms with van der Waals surface area (Å²) in [6.45, 7) is -2.60. The molecule has 20 heavy (non-hydrogen) atoms. The van der Waals surface area contributed by atoms with Crippen LogP contribution in [0, 0.1) is 0 Å². The van der Waals surface area contributed by atoms with E-state index in [9.17, 15) is 13.6 Å². The van der Waals surface area contributed by atoms with Gasteiger partial charge in [-0.15, -0.1) is 0 Å². The fourth-order valence-corrected chi connectivity index (χ4v) is 1.48. The van der Waals surface area contributed by atoms with Crippen LogP contribution in [0.15, 0.2) is 42.9 Å². The molecule has 1 N–H and O–H groups in total. The van der Waals surface area contributed by atoms with Gasteiger partial charge in [0.15, 0.2) is 0 Å². The molecule has 0 aliphatic rings. The Morgan fingerprint density at radius 3 is 2.60 bits per heavy atom. The fraction of sp³-hybridized carbons (Fsp3) is 0.154. The summed E-state index contributed by atoms with van der Waals surface area (Å²) in [6, 6.07) is 6.01. The van der Waals surface area contributed by atoms with Crippen molar-refractivity contribution in [3.63, 3.8) is 0 Å². The molecule has 0 radical (unpaired) electrons. The number of hydrogen-bond acceptors (Lipinski definition) is 4. The molecule has 0 unspecified atom stereocenters. The number of amides is 1. The Hall–Kier alpha value is -2.57. The minimum Gasteiger partial charge on any atom is -0.435 e. The Balaban J connectivity index is 1.89. The molecule has 0 saturated heterocycles. The van der Waals surface area contributed by atoms with Crippen LogP contribution >= 0.6 is 0 Å². The molecule has 0 aliphatic carbocycles. The van der Waals surface area contributed by atoms with Crippen LogP contribution in [0.4, 0.5) is 8.78 Å². The first kappa shape index (κ1) is 13.9. The van der Waals surface area contributed by atoms with Gasteiger partial charge >= 0.3 is 6.61 Å². The average molecular weight is 279 g/mol. The van der Waals surface area contributed by atoms with Crippen molar-refractivity contribution in [1.82, 2.24) is 15.3 Å². The summed E-state index contributed by atoms with van der Waals surface area (Å²) in [5.74, 6) is -0.282. The maximum Gasteiger partial charge on any atom is 0.387 e. The minimum atomic E-state index is -2.85. The molecular weight excluding hydrogens is 268 g/mol. The van der Waals surface area contributed by atoms with E-state index in [1.54, 1.807) is 12.1 Å². The van der Waals surface area contributed by atoms with E-state index in [0.717, 1.165) is 5.56 Å². The first-order valence-electron chi connectivity index (χ1n) is 5.73. The molecule has 0 spiro atoms. The van der Waals surface area contributed by atoms with Crippen molar-refractivity contribution in [3.05, 3.63) is 54.1 Å². The molecule has 7 heteroatoms. The van der Waals surface area contributed by atoms with E-state index < -0.39 is 6.61 Å². The van der Waals surface area contributed by atoms with Crippen LogP contribution in [0.5, 0.6) is 5.75 Å². The van der Waals surface area contributed by atoms with E-state index in [1.165, 1.54) is 30.7 Å². The molecule has 0 saturated carbocycles. The number of nitrogens with one attached hydrogen (secondary N) is 1. The summed E-state index contributed by atoms with van der Waals surface area (Å²) in [6.07, 6.45) is 4.25. The average Bonchev–Trinajstić information content (AvgIpc) is 2.46. The highest BCUT2D eigenvalue weighted by molar-refractivity contribution is 5.91. The van der Waals surface area contributed by atoms with Gasteiger partial charge in [-0.2, -0.15) is 8.78 Å². The highest BCUT2D eigenvalue weighted by Crippen LogP contribution is 2.14. The van der Waals surface area contributed by atoms with Crippen LogP contribution in [-0.4, -0.2) is 22.5 Å². The molecule has 5 nitrogen and oxygen atoms in total. The minimum absolute atomic E-state index is 0.0732. The molecule has 1 heterocycles. The smallest absolute Gasteiger partial charge is 0.387 e. The van der Waals surface area contributed by atoms with Crippen molar-refractivity contribution in [2.75, 3.05) is 0 Å². The van der Waals surface area contributed by atoms with Crippen molar-refractivity contribution in [2.24, 2.45) is 0 Å². The molecule has 2 rings (SSSR count). The third-order valence-corrected chi connectivity index (χ3v) is 2.40. The highest BCUT2D eigenvalue weighted by Gasteiger charge is 2.07. The second-order valence-electron chi connectivity index (χ2n) is 3.80. The van der Waals surface area contributed by atoms with E-state index in [1.807, 2.05) is 0 Å². The van der Waals surface area contributed by atoms with Gasteiger partial charge in [0.1, 0.15) is 11.4 Å². The summed E-state index contributed by atoms with van der Waals surface area (Å²) < 4.78 is 28.2. The number of aromatic nitrogens is 2. The van der Waals surface area contributed by atoms with E-state index >= 15 is 0 Å². The summed E-state index contributed by atoms with van der Waals surface area (Å²) >= 11 is 0. The van der Waals surface area contributed by atoms with Crippen LogP contribution < -0.4 is 10.1 Å². The van der Waals surface area contributed by atoms with Gasteiger partial charge in [-0.05, 0) is 17.7 Å². The predicted molar refractivity (Wildman–Crippen MR) is 66.3 cm³/mol. The van der Waals surface area contributed by atoms with Crippen LogP contribution in [-0.2, 0) is 6.54 Å². The molecule has 1 aromatic heterocycles. The summed E-state index contributed by atoms with van der Waals surface area (Å²) in [4.78, 5) is 19.3. The first-order valence-corrected chi connectivity index (χ1v) is 5.73. The van der Waals surface area contributed by atoms with E-state index in [-0.39, 0.29) is 23.9 Å². The topological polar surface area (TPSA) is 64.1 Å². The summed E-state index contributed by atoms with van der Waals surface area (Å²) in [5.41, 5.74) is 0.967. The maximum atomic E-state index is 12.0. The molecule has 2 aromatic rings. The Morgan fingerprint density at radius 1 is 1.25 bits per heavy atom. The van der Waals surface area contributed by atoms with Gasteiger partial charge in [-0.3, -0.25) is 9.78 Å². The SMILES string of the molecule is O=C(NCc1ccc(OC(F)F)cc1)c1cnccn1. The van der Waals surface area contributed by atoms with Crippen molar-refractivity contribution < 1.29 is 18.3 Å². The van der Waals surface area contributed by atoms with Gasteiger partial charge < -0.3 is 10.1 Å². The van der Waals surface area contributed by atoms with Crippen molar-refractivity contribution in [1.29, 1.82) is 0 Å².